The maximum atomic E-state index is 7.20. The van der Waals surface area contributed by atoms with E-state index < -0.39 is 0 Å². The number of H-pyrrole nitrogens is 1. The van der Waals surface area contributed by atoms with Crippen molar-refractivity contribution in [3.63, 3.8) is 0 Å². The fraction of sp³-hybridized carbons (Fsp3) is 0.500. The van der Waals surface area contributed by atoms with Gasteiger partial charge in [0.15, 0.2) is 0 Å². The van der Waals surface area contributed by atoms with E-state index in [0.29, 0.717) is 6.42 Å². The number of rotatable bonds is 2. The van der Waals surface area contributed by atoms with E-state index in [4.69, 9.17) is 11.1 Å². The Morgan fingerprint density at radius 2 is 2.23 bits per heavy atom. The van der Waals surface area contributed by atoms with Gasteiger partial charge in [-0.05, 0) is 37.3 Å². The van der Waals surface area contributed by atoms with Gasteiger partial charge in [-0.1, -0.05) is 0 Å². The molecule has 13 heavy (non-hydrogen) atoms. The SMILES string of the molecule is N=C(N)Cc1cc2c([nH]1)CCCC2. The van der Waals surface area contributed by atoms with Crippen molar-refractivity contribution in [3.05, 3.63) is 23.0 Å². The lowest BCUT2D eigenvalue weighted by Gasteiger charge is -2.09. The Balaban J connectivity index is 2.20. The van der Waals surface area contributed by atoms with Gasteiger partial charge in [0.05, 0.1) is 5.84 Å². The van der Waals surface area contributed by atoms with Gasteiger partial charge in [-0.25, -0.2) is 0 Å². The summed E-state index contributed by atoms with van der Waals surface area (Å²) in [4.78, 5) is 3.34. The molecule has 1 aromatic rings. The molecule has 70 valence electrons. The maximum absolute atomic E-state index is 7.20. The van der Waals surface area contributed by atoms with Crippen molar-refractivity contribution in [3.8, 4) is 0 Å². The topological polar surface area (TPSA) is 65.7 Å². The van der Waals surface area contributed by atoms with Crippen molar-refractivity contribution < 1.29 is 0 Å². The first-order chi connectivity index (χ1) is 6.25. The first kappa shape index (κ1) is 8.35. The highest BCUT2D eigenvalue weighted by molar-refractivity contribution is 5.79. The molecule has 0 fully saturated rings. The number of aromatic amines is 1. The lowest BCUT2D eigenvalue weighted by molar-refractivity contribution is 0.676. The lowest BCUT2D eigenvalue weighted by atomic mass is 9.98. The number of hydrogen-bond acceptors (Lipinski definition) is 1. The van der Waals surface area contributed by atoms with E-state index in [9.17, 15) is 0 Å². The number of hydrogen-bond donors (Lipinski definition) is 3. The smallest absolute Gasteiger partial charge is 0.0965 e. The van der Waals surface area contributed by atoms with Gasteiger partial charge in [0.1, 0.15) is 0 Å². The molecule has 3 heteroatoms. The molecular weight excluding hydrogens is 162 g/mol. The first-order valence-electron chi connectivity index (χ1n) is 4.78. The third kappa shape index (κ3) is 1.74. The highest BCUT2D eigenvalue weighted by Gasteiger charge is 2.12. The van der Waals surface area contributed by atoms with Gasteiger partial charge in [-0.3, -0.25) is 5.41 Å². The number of nitrogens with two attached hydrogens (primary N) is 1. The van der Waals surface area contributed by atoms with Gasteiger partial charge in [-0.15, -0.1) is 0 Å². The molecule has 0 radical (unpaired) electrons. The van der Waals surface area contributed by atoms with E-state index in [1.165, 1.54) is 30.5 Å². The average molecular weight is 177 g/mol. The van der Waals surface area contributed by atoms with Crippen LogP contribution >= 0.6 is 0 Å². The van der Waals surface area contributed by atoms with Gasteiger partial charge in [0, 0.05) is 17.8 Å². The predicted octanol–water partition coefficient (Wildman–Crippen LogP) is 1.37. The summed E-state index contributed by atoms with van der Waals surface area (Å²) in [5, 5.41) is 7.20. The van der Waals surface area contributed by atoms with Crippen LogP contribution in [0.25, 0.3) is 0 Å². The average Bonchev–Trinajstić information content (AvgIpc) is 2.44. The summed E-state index contributed by atoms with van der Waals surface area (Å²) in [6.45, 7) is 0. The zero-order chi connectivity index (χ0) is 9.26. The number of nitrogens with one attached hydrogen (secondary N) is 2. The number of fused-ring (bicyclic) bond motifs is 1. The molecule has 0 saturated carbocycles. The van der Waals surface area contributed by atoms with E-state index in [1.807, 2.05) is 0 Å². The minimum atomic E-state index is 0.235. The van der Waals surface area contributed by atoms with E-state index >= 15 is 0 Å². The molecule has 0 atom stereocenters. The predicted molar refractivity (Wildman–Crippen MR) is 53.1 cm³/mol. The molecule has 3 nitrogen and oxygen atoms in total. The lowest BCUT2D eigenvalue weighted by Crippen LogP contribution is -2.12. The fourth-order valence-electron chi connectivity index (χ4n) is 1.97. The van der Waals surface area contributed by atoms with Gasteiger partial charge in [-0.2, -0.15) is 0 Å². The molecule has 0 aliphatic heterocycles. The molecule has 0 aromatic carbocycles. The standard InChI is InChI=1S/C10H15N3/c11-10(12)6-8-5-7-3-1-2-4-9(7)13-8/h5,13H,1-4,6H2,(H3,11,12). The molecule has 2 rings (SSSR count). The van der Waals surface area contributed by atoms with Gasteiger partial charge < -0.3 is 10.7 Å². The van der Waals surface area contributed by atoms with Gasteiger partial charge in [0.25, 0.3) is 0 Å². The Kier molecular flexibility index (Phi) is 2.08. The molecule has 0 bridgehead atoms. The van der Waals surface area contributed by atoms with Crippen LogP contribution in [-0.4, -0.2) is 10.8 Å². The zero-order valence-electron chi connectivity index (χ0n) is 7.69. The molecule has 1 aliphatic rings. The third-order valence-electron chi connectivity index (χ3n) is 2.55. The van der Waals surface area contributed by atoms with Crippen LogP contribution in [-0.2, 0) is 19.3 Å². The Bertz CT molecular complexity index is 301. The van der Waals surface area contributed by atoms with Crippen LogP contribution in [0.1, 0.15) is 29.8 Å². The second-order valence-electron chi connectivity index (χ2n) is 3.71. The third-order valence-corrected chi connectivity index (χ3v) is 2.55. The van der Waals surface area contributed by atoms with Crippen LogP contribution in [0.3, 0.4) is 0 Å². The molecule has 0 spiro atoms. The van der Waals surface area contributed by atoms with E-state index in [0.717, 1.165) is 12.1 Å². The summed E-state index contributed by atoms with van der Waals surface area (Å²) in [6, 6.07) is 2.16. The van der Waals surface area contributed by atoms with Crippen molar-refractivity contribution in [1.29, 1.82) is 5.41 Å². The highest BCUT2D eigenvalue weighted by atomic mass is 14.8. The van der Waals surface area contributed by atoms with E-state index in [2.05, 4.69) is 11.1 Å². The summed E-state index contributed by atoms with van der Waals surface area (Å²) < 4.78 is 0. The van der Waals surface area contributed by atoms with Crippen LogP contribution in [0, 0.1) is 5.41 Å². The Labute approximate surface area is 77.8 Å². The summed E-state index contributed by atoms with van der Waals surface area (Å²) in [5.41, 5.74) is 9.24. The van der Waals surface area contributed by atoms with Crippen molar-refractivity contribution >= 4 is 5.84 Å². The number of amidine groups is 1. The fourth-order valence-corrected chi connectivity index (χ4v) is 1.97. The summed E-state index contributed by atoms with van der Waals surface area (Å²) >= 11 is 0. The number of aryl methyl sites for hydroxylation is 2. The second kappa shape index (κ2) is 3.24. The normalized spacial score (nSPS) is 15.4. The molecule has 1 aromatic heterocycles. The maximum Gasteiger partial charge on any atom is 0.0965 e. The van der Waals surface area contributed by atoms with Gasteiger partial charge >= 0.3 is 0 Å². The minimum absolute atomic E-state index is 0.235. The van der Waals surface area contributed by atoms with Crippen LogP contribution in [0.5, 0.6) is 0 Å². The first-order valence-corrected chi connectivity index (χ1v) is 4.78. The molecule has 0 saturated heterocycles. The van der Waals surface area contributed by atoms with Crippen LogP contribution in [0.15, 0.2) is 6.07 Å². The van der Waals surface area contributed by atoms with Gasteiger partial charge in [0.2, 0.25) is 0 Å². The largest absolute Gasteiger partial charge is 0.387 e. The molecule has 0 unspecified atom stereocenters. The van der Waals surface area contributed by atoms with Crippen LogP contribution in [0.2, 0.25) is 0 Å². The molecule has 0 amide bonds. The zero-order valence-corrected chi connectivity index (χ0v) is 7.69. The summed E-state index contributed by atoms with van der Waals surface area (Å²) in [6.07, 6.45) is 5.49. The Morgan fingerprint density at radius 1 is 1.46 bits per heavy atom. The molecule has 1 heterocycles. The summed E-state index contributed by atoms with van der Waals surface area (Å²) in [5.74, 6) is 0.235. The highest BCUT2D eigenvalue weighted by Crippen LogP contribution is 2.21. The van der Waals surface area contributed by atoms with Crippen molar-refractivity contribution in [1.82, 2.24) is 4.98 Å². The number of aromatic nitrogens is 1. The Hall–Kier alpha value is -1.25. The minimum Gasteiger partial charge on any atom is -0.387 e. The van der Waals surface area contributed by atoms with Crippen molar-refractivity contribution in [2.75, 3.05) is 0 Å². The van der Waals surface area contributed by atoms with Crippen molar-refractivity contribution in [2.24, 2.45) is 5.73 Å². The van der Waals surface area contributed by atoms with E-state index in [1.54, 1.807) is 0 Å². The Morgan fingerprint density at radius 3 is 2.92 bits per heavy atom. The van der Waals surface area contributed by atoms with E-state index in [-0.39, 0.29) is 5.84 Å². The van der Waals surface area contributed by atoms with Crippen LogP contribution in [0.4, 0.5) is 0 Å². The second-order valence-corrected chi connectivity index (χ2v) is 3.71. The molecule has 4 N–H and O–H groups in total. The molecular formula is C10H15N3. The van der Waals surface area contributed by atoms with Crippen LogP contribution < -0.4 is 5.73 Å². The summed E-state index contributed by atoms with van der Waals surface area (Å²) in [7, 11) is 0. The van der Waals surface area contributed by atoms with Crippen molar-refractivity contribution in [2.45, 2.75) is 32.1 Å². The monoisotopic (exact) mass is 177 g/mol. The molecule has 1 aliphatic carbocycles. The quantitative estimate of drug-likeness (QED) is 0.463.